The summed E-state index contributed by atoms with van der Waals surface area (Å²) in [7, 11) is 0. The summed E-state index contributed by atoms with van der Waals surface area (Å²) in [6.45, 7) is 2.08. The molecule has 0 aliphatic rings. The first-order chi connectivity index (χ1) is 10.2. The smallest absolute Gasteiger partial charge is 0.131 e. The van der Waals surface area contributed by atoms with Crippen LogP contribution in [0, 0.1) is 5.82 Å². The van der Waals surface area contributed by atoms with E-state index >= 15 is 0 Å². The van der Waals surface area contributed by atoms with E-state index in [4.69, 9.17) is 0 Å². The second-order valence-corrected chi connectivity index (χ2v) is 5.18. The van der Waals surface area contributed by atoms with Crippen molar-refractivity contribution in [2.45, 2.75) is 19.4 Å². The van der Waals surface area contributed by atoms with Gasteiger partial charge in [0.05, 0.1) is 0 Å². The molecule has 0 spiro atoms. The van der Waals surface area contributed by atoms with Gasteiger partial charge in [-0.2, -0.15) is 0 Å². The molecule has 0 aromatic heterocycles. The van der Waals surface area contributed by atoms with Gasteiger partial charge >= 0.3 is 0 Å². The maximum absolute atomic E-state index is 13.9. The summed E-state index contributed by atoms with van der Waals surface area (Å²) in [5.74, 6) is -0.260. The van der Waals surface area contributed by atoms with Gasteiger partial charge in [-0.1, -0.05) is 61.5 Å². The number of fused-ring (bicyclic) bond motifs is 1. The zero-order valence-corrected chi connectivity index (χ0v) is 11.9. The molecule has 106 valence electrons. The highest BCUT2D eigenvalue weighted by Crippen LogP contribution is 2.30. The maximum atomic E-state index is 13.9. The fraction of sp³-hybridized carbons (Fsp3) is 0.158. The van der Waals surface area contributed by atoms with E-state index in [0.717, 1.165) is 22.9 Å². The summed E-state index contributed by atoms with van der Waals surface area (Å²) in [6, 6.07) is 18.2. The van der Waals surface area contributed by atoms with Crippen LogP contribution in [0.25, 0.3) is 10.8 Å². The lowest BCUT2D eigenvalue weighted by molar-refractivity contribution is 0.221. The molecule has 3 rings (SSSR count). The Hall–Kier alpha value is -2.19. The number of aryl methyl sites for hydroxylation is 1. The number of aliphatic hydroxyl groups excluding tert-OH is 1. The van der Waals surface area contributed by atoms with Gasteiger partial charge in [0, 0.05) is 5.39 Å². The summed E-state index contributed by atoms with van der Waals surface area (Å²) in [5.41, 5.74) is 2.75. The second kappa shape index (κ2) is 5.66. The third-order valence-electron chi connectivity index (χ3n) is 3.87. The number of benzene rings is 3. The number of rotatable bonds is 3. The molecule has 1 N–H and O–H groups in total. The third-order valence-corrected chi connectivity index (χ3v) is 3.87. The Morgan fingerprint density at radius 2 is 1.71 bits per heavy atom. The first kappa shape index (κ1) is 13.8. The maximum Gasteiger partial charge on any atom is 0.131 e. The molecule has 0 heterocycles. The molecule has 21 heavy (non-hydrogen) atoms. The minimum atomic E-state index is -0.748. The van der Waals surface area contributed by atoms with E-state index in [1.165, 1.54) is 11.6 Å². The summed E-state index contributed by atoms with van der Waals surface area (Å²) in [4.78, 5) is 0. The monoisotopic (exact) mass is 280 g/mol. The van der Waals surface area contributed by atoms with E-state index in [1.54, 1.807) is 18.2 Å². The van der Waals surface area contributed by atoms with Crippen LogP contribution in [-0.4, -0.2) is 5.11 Å². The Balaban J connectivity index is 2.13. The molecule has 0 fully saturated rings. The van der Waals surface area contributed by atoms with Crippen molar-refractivity contribution >= 4 is 10.8 Å². The summed E-state index contributed by atoms with van der Waals surface area (Å²) >= 11 is 0. The molecule has 0 bridgehead atoms. The highest BCUT2D eigenvalue weighted by molar-refractivity contribution is 5.86. The summed E-state index contributed by atoms with van der Waals surface area (Å²) in [5, 5.41) is 12.0. The number of aliphatic hydroxyl groups is 1. The Morgan fingerprint density at radius 1 is 0.952 bits per heavy atom. The molecule has 3 aromatic rings. The average molecular weight is 280 g/mol. The van der Waals surface area contributed by atoms with Gasteiger partial charge < -0.3 is 5.11 Å². The van der Waals surface area contributed by atoms with Crippen molar-refractivity contribution in [3.05, 3.63) is 83.2 Å². The first-order valence-corrected chi connectivity index (χ1v) is 7.14. The highest BCUT2D eigenvalue weighted by Gasteiger charge is 2.15. The van der Waals surface area contributed by atoms with Crippen LogP contribution >= 0.6 is 0 Å². The molecule has 0 saturated heterocycles. The predicted octanol–water partition coefficient (Wildman–Crippen LogP) is 4.62. The van der Waals surface area contributed by atoms with E-state index in [9.17, 15) is 9.50 Å². The van der Waals surface area contributed by atoms with Crippen molar-refractivity contribution in [1.82, 2.24) is 0 Å². The molecule has 3 aromatic carbocycles. The van der Waals surface area contributed by atoms with E-state index < -0.39 is 6.10 Å². The Bertz CT molecular complexity index is 779. The topological polar surface area (TPSA) is 20.2 Å². The van der Waals surface area contributed by atoms with Crippen molar-refractivity contribution in [3.63, 3.8) is 0 Å². The van der Waals surface area contributed by atoms with Crippen molar-refractivity contribution in [2.75, 3.05) is 0 Å². The quantitative estimate of drug-likeness (QED) is 0.742. The summed E-state index contributed by atoms with van der Waals surface area (Å²) < 4.78 is 13.9. The van der Waals surface area contributed by atoms with E-state index in [1.807, 2.05) is 36.4 Å². The number of hydrogen-bond donors (Lipinski definition) is 1. The van der Waals surface area contributed by atoms with Crippen molar-refractivity contribution in [1.29, 1.82) is 0 Å². The molecular weight excluding hydrogens is 263 g/mol. The molecular formula is C19H17FO. The number of hydrogen-bond acceptors (Lipinski definition) is 1. The van der Waals surface area contributed by atoms with E-state index in [0.29, 0.717) is 5.39 Å². The molecule has 1 unspecified atom stereocenters. The van der Waals surface area contributed by atoms with Crippen LogP contribution in [0.2, 0.25) is 0 Å². The van der Waals surface area contributed by atoms with Crippen molar-refractivity contribution in [3.8, 4) is 0 Å². The standard InChI is InChI=1S/C19H17FO/c1-2-13-6-5-7-14(12-13)19(21)17-10-11-18(20)16-9-4-3-8-15(16)17/h3-12,19,21H,2H2,1H3. The van der Waals surface area contributed by atoms with Gasteiger partial charge in [-0.25, -0.2) is 4.39 Å². The van der Waals surface area contributed by atoms with Gasteiger partial charge in [0.2, 0.25) is 0 Å². The van der Waals surface area contributed by atoms with Crippen LogP contribution < -0.4 is 0 Å². The third kappa shape index (κ3) is 2.55. The van der Waals surface area contributed by atoms with E-state index in [-0.39, 0.29) is 5.82 Å². The van der Waals surface area contributed by atoms with Gasteiger partial charge in [-0.05, 0) is 34.6 Å². The van der Waals surface area contributed by atoms with Gasteiger partial charge in [0.25, 0.3) is 0 Å². The first-order valence-electron chi connectivity index (χ1n) is 7.14. The largest absolute Gasteiger partial charge is 0.384 e. The average Bonchev–Trinajstić information content (AvgIpc) is 2.55. The molecule has 0 amide bonds. The molecule has 0 aliphatic carbocycles. The molecule has 1 atom stereocenters. The lowest BCUT2D eigenvalue weighted by Crippen LogP contribution is -2.02. The zero-order valence-electron chi connectivity index (χ0n) is 11.9. The van der Waals surface area contributed by atoms with Gasteiger partial charge in [-0.3, -0.25) is 0 Å². The molecule has 0 saturated carbocycles. The molecule has 0 aliphatic heterocycles. The van der Waals surface area contributed by atoms with Crippen LogP contribution in [0.15, 0.2) is 60.7 Å². The van der Waals surface area contributed by atoms with Crippen LogP contribution in [0.5, 0.6) is 0 Å². The Kier molecular flexibility index (Phi) is 3.72. The van der Waals surface area contributed by atoms with Gasteiger partial charge in [-0.15, -0.1) is 0 Å². The van der Waals surface area contributed by atoms with Crippen LogP contribution in [0.3, 0.4) is 0 Å². The van der Waals surface area contributed by atoms with Gasteiger partial charge in [0.15, 0.2) is 0 Å². The molecule has 1 nitrogen and oxygen atoms in total. The van der Waals surface area contributed by atoms with Crippen molar-refractivity contribution < 1.29 is 9.50 Å². The summed E-state index contributed by atoms with van der Waals surface area (Å²) in [6.07, 6.45) is 0.173. The van der Waals surface area contributed by atoms with Crippen LogP contribution in [0.1, 0.15) is 29.7 Å². The lowest BCUT2D eigenvalue weighted by Gasteiger charge is -2.15. The van der Waals surface area contributed by atoms with E-state index in [2.05, 4.69) is 6.92 Å². The number of halogens is 1. The normalized spacial score (nSPS) is 12.5. The molecule has 0 radical (unpaired) electrons. The molecule has 2 heteroatoms. The fourth-order valence-electron chi connectivity index (χ4n) is 2.69. The second-order valence-electron chi connectivity index (χ2n) is 5.18. The minimum Gasteiger partial charge on any atom is -0.384 e. The van der Waals surface area contributed by atoms with Gasteiger partial charge in [0.1, 0.15) is 11.9 Å². The Morgan fingerprint density at radius 3 is 2.48 bits per heavy atom. The minimum absolute atomic E-state index is 0.260. The van der Waals surface area contributed by atoms with Crippen LogP contribution in [0.4, 0.5) is 4.39 Å². The van der Waals surface area contributed by atoms with Crippen molar-refractivity contribution in [2.24, 2.45) is 0 Å². The zero-order chi connectivity index (χ0) is 14.8. The lowest BCUT2D eigenvalue weighted by atomic mass is 9.94. The fourth-order valence-corrected chi connectivity index (χ4v) is 2.69. The SMILES string of the molecule is CCc1cccc(C(O)c2ccc(F)c3ccccc23)c1. The highest BCUT2D eigenvalue weighted by atomic mass is 19.1. The predicted molar refractivity (Wildman–Crippen MR) is 83.8 cm³/mol. The Labute approximate surface area is 123 Å². The van der Waals surface area contributed by atoms with Crippen LogP contribution in [-0.2, 0) is 6.42 Å².